The summed E-state index contributed by atoms with van der Waals surface area (Å²) in [5.74, 6) is 0.789. The molecule has 3 aromatic rings. The Labute approximate surface area is 115 Å². The maximum Gasteiger partial charge on any atom is 0.176 e. The van der Waals surface area contributed by atoms with Crippen LogP contribution in [0, 0.1) is 11.3 Å². The molecule has 0 atom stereocenters. The van der Waals surface area contributed by atoms with Crippen molar-refractivity contribution < 1.29 is 9.40 Å². The molecule has 3 rings (SSSR count). The first kappa shape index (κ1) is 11.9. The van der Waals surface area contributed by atoms with Gasteiger partial charge in [0.05, 0.1) is 17.5 Å². The third-order valence-corrected chi connectivity index (χ3v) is 2.95. The molecule has 3 heterocycles. The smallest absolute Gasteiger partial charge is 0.176 e. The average molecular weight is 263 g/mol. The number of nitrogens with two attached hydrogens (primary N) is 1. The number of aromatic nitrogens is 2. The van der Waals surface area contributed by atoms with E-state index < -0.39 is 0 Å². The Morgan fingerprint density at radius 3 is 2.85 bits per heavy atom. The van der Waals surface area contributed by atoms with Crippen LogP contribution in [0.4, 0.5) is 5.82 Å². The van der Waals surface area contributed by atoms with Gasteiger partial charge in [-0.3, -0.25) is 0 Å². The molecule has 5 nitrogen and oxygen atoms in total. The summed E-state index contributed by atoms with van der Waals surface area (Å²) in [5.41, 5.74) is 8.43. The minimum atomic E-state index is 0.195. The quantitative estimate of drug-likeness (QED) is 0.767. The monoisotopic (exact) mass is 263 g/mol. The summed E-state index contributed by atoms with van der Waals surface area (Å²) in [6, 6.07) is 11.2. The number of rotatable bonds is 2. The third kappa shape index (κ3) is 1.99. The fourth-order valence-corrected chi connectivity index (χ4v) is 2.01. The normalized spacial score (nSPS) is 10.2. The molecule has 0 aliphatic rings. The van der Waals surface area contributed by atoms with E-state index in [1.165, 1.54) is 0 Å². The number of furan rings is 1. The van der Waals surface area contributed by atoms with Crippen LogP contribution in [0.15, 0.2) is 53.4 Å². The fourth-order valence-electron chi connectivity index (χ4n) is 2.01. The lowest BCUT2D eigenvalue weighted by Gasteiger charge is -2.07. The number of nitrogens with one attached hydrogen (secondary N) is 1. The Kier molecular flexibility index (Phi) is 2.90. The number of nitrogen functional groups attached to an aromatic ring is 1. The van der Waals surface area contributed by atoms with Gasteiger partial charge in [-0.2, -0.15) is 5.26 Å². The first-order chi connectivity index (χ1) is 9.79. The van der Waals surface area contributed by atoms with E-state index in [4.69, 9.17) is 10.2 Å². The van der Waals surface area contributed by atoms with Gasteiger partial charge >= 0.3 is 0 Å². The maximum absolute atomic E-state index is 9.24. The summed E-state index contributed by atoms with van der Waals surface area (Å²) in [7, 11) is 0. The van der Waals surface area contributed by atoms with Gasteiger partial charge in [0.1, 0.15) is 23.2 Å². The highest BCUT2D eigenvalue weighted by molar-refractivity contribution is 5.77. The van der Waals surface area contributed by atoms with E-state index in [1.54, 1.807) is 24.5 Å². The van der Waals surface area contributed by atoms with Crippen LogP contribution in [0.1, 0.15) is 5.56 Å². The van der Waals surface area contributed by atoms with Crippen LogP contribution < -0.4 is 10.7 Å². The molecule has 0 bridgehead atoms. The highest BCUT2D eigenvalue weighted by Crippen LogP contribution is 2.30. The number of hydrogen-bond acceptors (Lipinski definition) is 4. The molecule has 0 unspecified atom stereocenters. The van der Waals surface area contributed by atoms with Crippen molar-refractivity contribution >= 4 is 5.82 Å². The van der Waals surface area contributed by atoms with Gasteiger partial charge in [-0.25, -0.2) is 9.97 Å². The topological polar surface area (TPSA) is 90.0 Å². The van der Waals surface area contributed by atoms with Gasteiger partial charge in [0, 0.05) is 11.6 Å². The van der Waals surface area contributed by atoms with Gasteiger partial charge in [0.2, 0.25) is 0 Å². The molecule has 0 aliphatic carbocycles. The van der Waals surface area contributed by atoms with Crippen LogP contribution in [-0.4, -0.2) is 4.98 Å². The number of aromatic amines is 1. The summed E-state index contributed by atoms with van der Waals surface area (Å²) in [4.78, 5) is 7.27. The second kappa shape index (κ2) is 4.86. The highest BCUT2D eigenvalue weighted by Gasteiger charge is 2.15. The lowest BCUT2D eigenvalue weighted by atomic mass is 10.0. The zero-order chi connectivity index (χ0) is 13.9. The summed E-state index contributed by atoms with van der Waals surface area (Å²) >= 11 is 0. The van der Waals surface area contributed by atoms with Crippen molar-refractivity contribution in [2.24, 2.45) is 0 Å². The molecule has 0 fully saturated rings. The molecule has 0 saturated carbocycles. The number of nitriles is 1. The predicted molar refractivity (Wildman–Crippen MR) is 73.1 cm³/mol. The minimum Gasteiger partial charge on any atom is -0.464 e. The summed E-state index contributed by atoms with van der Waals surface area (Å²) in [6.07, 6.45) is 5.19. The Morgan fingerprint density at radius 2 is 2.20 bits per heavy atom. The molecule has 0 amide bonds. The van der Waals surface area contributed by atoms with Crippen LogP contribution in [0.2, 0.25) is 0 Å². The van der Waals surface area contributed by atoms with Crippen LogP contribution in [-0.2, 0) is 0 Å². The van der Waals surface area contributed by atoms with Crippen molar-refractivity contribution in [3.8, 4) is 28.7 Å². The van der Waals surface area contributed by atoms with Gasteiger partial charge in [0.25, 0.3) is 0 Å². The zero-order valence-corrected chi connectivity index (χ0v) is 10.5. The highest BCUT2D eigenvalue weighted by atomic mass is 16.3. The van der Waals surface area contributed by atoms with Gasteiger partial charge in [-0.15, -0.1) is 0 Å². The molecule has 3 N–H and O–H groups in total. The lowest BCUT2D eigenvalue weighted by molar-refractivity contribution is -0.377. The molecular weight excluding hydrogens is 252 g/mol. The van der Waals surface area contributed by atoms with E-state index in [9.17, 15) is 5.26 Å². The fraction of sp³-hybridized carbons (Fsp3) is 0. The summed E-state index contributed by atoms with van der Waals surface area (Å²) in [5, 5.41) is 9.24. The minimum absolute atomic E-state index is 0.195. The van der Waals surface area contributed by atoms with E-state index >= 15 is 0 Å². The van der Waals surface area contributed by atoms with E-state index in [0.717, 1.165) is 5.56 Å². The Hall–Kier alpha value is -3.13. The van der Waals surface area contributed by atoms with Gasteiger partial charge in [-0.05, 0) is 24.3 Å². The summed E-state index contributed by atoms with van der Waals surface area (Å²) < 4.78 is 5.37. The lowest BCUT2D eigenvalue weighted by Crippen LogP contribution is -2.02. The molecule has 20 heavy (non-hydrogen) atoms. The second-order valence-electron chi connectivity index (χ2n) is 4.20. The van der Waals surface area contributed by atoms with Crippen molar-refractivity contribution in [1.82, 2.24) is 4.98 Å². The van der Waals surface area contributed by atoms with Crippen LogP contribution in [0.5, 0.6) is 0 Å². The molecule has 0 saturated heterocycles. The molecule has 3 aromatic heterocycles. The van der Waals surface area contributed by atoms with Gasteiger partial charge < -0.3 is 10.2 Å². The van der Waals surface area contributed by atoms with Crippen molar-refractivity contribution in [2.75, 3.05) is 5.73 Å². The van der Waals surface area contributed by atoms with Crippen molar-refractivity contribution in [1.29, 1.82) is 5.26 Å². The Bertz CT molecular complexity index is 774. The molecule has 0 aromatic carbocycles. The first-order valence-electron chi connectivity index (χ1n) is 6.00. The average Bonchev–Trinajstić information content (AvgIpc) is 3.01. The largest absolute Gasteiger partial charge is 0.464 e. The number of hydrogen-bond donors (Lipinski definition) is 1. The molecule has 5 heteroatoms. The molecule has 96 valence electrons. The van der Waals surface area contributed by atoms with Crippen molar-refractivity contribution in [3.05, 3.63) is 54.6 Å². The molecular formula is C15H11N4O+. The van der Waals surface area contributed by atoms with Crippen molar-refractivity contribution in [2.45, 2.75) is 0 Å². The molecule has 0 aliphatic heterocycles. The zero-order valence-electron chi connectivity index (χ0n) is 10.5. The van der Waals surface area contributed by atoms with E-state index in [2.05, 4.69) is 16.0 Å². The second-order valence-corrected chi connectivity index (χ2v) is 4.20. The number of H-pyrrole nitrogens is 1. The van der Waals surface area contributed by atoms with Crippen LogP contribution >= 0.6 is 0 Å². The number of nitrogens with zero attached hydrogens (tertiary/aromatic N) is 2. The standard InChI is InChI=1S/C15H10N4O/c16-8-12-11(14-4-2-6-20-14)7-13(19-15(12)17)10-3-1-5-18-9-10/h1-7,9H,(H2,17,19)/p+1. The van der Waals surface area contributed by atoms with E-state index in [-0.39, 0.29) is 5.82 Å². The SMILES string of the molecule is N#Cc1c(-c2ccco2)cc(-c2ccc[nH+]c2)nc1N. The molecule has 0 radical (unpaired) electrons. The van der Waals surface area contributed by atoms with E-state index in [0.29, 0.717) is 22.6 Å². The predicted octanol–water partition coefficient (Wildman–Crippen LogP) is 2.28. The molecule has 0 spiro atoms. The Morgan fingerprint density at radius 1 is 1.30 bits per heavy atom. The van der Waals surface area contributed by atoms with E-state index in [1.807, 2.05) is 24.5 Å². The number of anilines is 1. The van der Waals surface area contributed by atoms with Crippen LogP contribution in [0.3, 0.4) is 0 Å². The third-order valence-electron chi connectivity index (χ3n) is 2.95. The summed E-state index contributed by atoms with van der Waals surface area (Å²) in [6.45, 7) is 0. The van der Waals surface area contributed by atoms with Crippen molar-refractivity contribution in [3.63, 3.8) is 0 Å². The first-order valence-corrected chi connectivity index (χ1v) is 6.00. The van der Waals surface area contributed by atoms with Gasteiger partial charge in [-0.1, -0.05) is 0 Å². The van der Waals surface area contributed by atoms with Crippen LogP contribution in [0.25, 0.3) is 22.6 Å². The Balaban J connectivity index is 2.24. The van der Waals surface area contributed by atoms with Gasteiger partial charge in [0.15, 0.2) is 12.4 Å². The maximum atomic E-state index is 9.24. The number of pyridine rings is 2.